The summed E-state index contributed by atoms with van der Waals surface area (Å²) in [5, 5.41) is 0. The van der Waals surface area contributed by atoms with Crippen LogP contribution >= 0.6 is 7.82 Å². The zero-order valence-electron chi connectivity index (χ0n) is 25.9. The highest BCUT2D eigenvalue weighted by atomic mass is 31.2. The minimum absolute atomic E-state index is 0.153. The Morgan fingerprint density at radius 2 is 0.784 bits per heavy atom. The number of hydrogen-bond donors (Lipinski definition) is 2. The molecule has 37 heavy (non-hydrogen) atoms. The molecule has 224 valence electrons. The molecule has 0 amide bonds. The van der Waals surface area contributed by atoms with E-state index in [0.29, 0.717) is 5.92 Å². The van der Waals surface area contributed by atoms with Gasteiger partial charge in [-0.05, 0) is 42.4 Å². The van der Waals surface area contributed by atoms with Crippen LogP contribution in [0.5, 0.6) is 0 Å². The summed E-state index contributed by atoms with van der Waals surface area (Å²) in [6, 6.07) is 0. The van der Waals surface area contributed by atoms with Crippen molar-refractivity contribution in [2.45, 2.75) is 170 Å². The summed E-state index contributed by atoms with van der Waals surface area (Å²) in [5.41, 5.74) is 0. The van der Waals surface area contributed by atoms with Crippen molar-refractivity contribution in [3.63, 3.8) is 0 Å². The molecule has 4 nitrogen and oxygen atoms in total. The van der Waals surface area contributed by atoms with Crippen molar-refractivity contribution in [3.05, 3.63) is 0 Å². The first-order chi connectivity index (χ1) is 17.5. The van der Waals surface area contributed by atoms with Gasteiger partial charge in [0.1, 0.15) is 0 Å². The van der Waals surface area contributed by atoms with Crippen molar-refractivity contribution >= 4 is 7.82 Å². The van der Waals surface area contributed by atoms with E-state index in [0.717, 1.165) is 36.5 Å². The predicted octanol–water partition coefficient (Wildman–Crippen LogP) is 11.1. The summed E-state index contributed by atoms with van der Waals surface area (Å²) in [6.07, 6.45) is 26.5. The highest BCUT2D eigenvalue weighted by Gasteiger charge is 2.13. The van der Waals surface area contributed by atoms with Gasteiger partial charge in [0.05, 0.1) is 6.61 Å². The van der Waals surface area contributed by atoms with Gasteiger partial charge in [0.25, 0.3) is 0 Å². The molecule has 2 N–H and O–H groups in total. The quantitative estimate of drug-likeness (QED) is 0.0794. The fraction of sp³-hybridized carbons (Fsp3) is 1.00. The molecule has 0 saturated heterocycles. The molecule has 5 atom stereocenters. The van der Waals surface area contributed by atoms with E-state index in [1.807, 2.05) is 0 Å². The summed E-state index contributed by atoms with van der Waals surface area (Å²) in [4.78, 5) is 17.4. The minimum Gasteiger partial charge on any atom is -0.303 e. The lowest BCUT2D eigenvalue weighted by Gasteiger charge is -2.17. The SMILES string of the molecule is CCCCCCC[C@@H](C)CCC[C@H](C)CCC[C@H](C)CCC[C@H](C)CCC[C@@H](C)CCCOP(=O)(O)O. The Hall–Kier alpha value is 0.110. The molecule has 0 aromatic rings. The van der Waals surface area contributed by atoms with Crippen LogP contribution in [0.15, 0.2) is 0 Å². The first-order valence-electron chi connectivity index (χ1n) is 16.2. The summed E-state index contributed by atoms with van der Waals surface area (Å²) < 4.78 is 15.2. The van der Waals surface area contributed by atoms with Crippen LogP contribution in [0.4, 0.5) is 0 Å². The standard InChI is InChI=1S/C32H67O4P/c1-7-8-9-10-11-17-28(2)18-12-19-29(3)20-13-21-30(4)22-14-23-31(5)24-15-25-32(6)26-16-27-36-37(33,34)35/h28-32H,7-27H2,1-6H3,(H2,33,34,35)/t28-,29+,30+,31+,32-/m1/s1. The molecule has 0 radical (unpaired) electrons. The molecule has 0 aliphatic rings. The molecule has 0 bridgehead atoms. The highest BCUT2D eigenvalue weighted by molar-refractivity contribution is 7.46. The molecule has 0 heterocycles. The fourth-order valence-corrected chi connectivity index (χ4v) is 6.06. The lowest BCUT2D eigenvalue weighted by molar-refractivity contribution is 0.190. The number of hydrogen-bond acceptors (Lipinski definition) is 2. The van der Waals surface area contributed by atoms with Crippen LogP contribution in [-0.2, 0) is 9.09 Å². The van der Waals surface area contributed by atoms with E-state index in [1.165, 1.54) is 116 Å². The van der Waals surface area contributed by atoms with Crippen LogP contribution in [0.25, 0.3) is 0 Å². The lowest BCUT2D eigenvalue weighted by Crippen LogP contribution is -2.03. The zero-order valence-corrected chi connectivity index (χ0v) is 26.8. The van der Waals surface area contributed by atoms with Crippen LogP contribution in [-0.4, -0.2) is 16.4 Å². The fourth-order valence-electron chi connectivity index (χ4n) is 5.69. The summed E-state index contributed by atoms with van der Waals surface area (Å²) in [6.45, 7) is 14.5. The van der Waals surface area contributed by atoms with Crippen LogP contribution in [0, 0.1) is 29.6 Å². The summed E-state index contributed by atoms with van der Waals surface area (Å²) >= 11 is 0. The first-order valence-corrected chi connectivity index (χ1v) is 17.8. The maximum Gasteiger partial charge on any atom is 0.469 e. The van der Waals surface area contributed by atoms with E-state index in [4.69, 9.17) is 9.79 Å². The van der Waals surface area contributed by atoms with Gasteiger partial charge in [-0.15, -0.1) is 0 Å². The third-order valence-electron chi connectivity index (χ3n) is 8.48. The molecule has 0 spiro atoms. The molecular weight excluding hydrogens is 479 g/mol. The smallest absolute Gasteiger partial charge is 0.303 e. The normalized spacial score (nSPS) is 16.4. The van der Waals surface area contributed by atoms with Gasteiger partial charge >= 0.3 is 7.82 Å². The van der Waals surface area contributed by atoms with E-state index in [2.05, 4.69) is 46.1 Å². The third kappa shape index (κ3) is 27.5. The van der Waals surface area contributed by atoms with Crippen molar-refractivity contribution in [1.29, 1.82) is 0 Å². The Kier molecular flexibility index (Phi) is 24.0. The number of rotatable bonds is 27. The Balaban J connectivity index is 3.62. The molecule has 0 rings (SSSR count). The van der Waals surface area contributed by atoms with Gasteiger partial charge in [0.15, 0.2) is 0 Å². The van der Waals surface area contributed by atoms with Crippen molar-refractivity contribution in [3.8, 4) is 0 Å². The molecule has 0 aromatic carbocycles. The zero-order chi connectivity index (χ0) is 27.9. The Labute approximate surface area is 232 Å². The second-order valence-corrected chi connectivity index (χ2v) is 14.2. The second kappa shape index (κ2) is 24.0. The molecule has 0 unspecified atom stereocenters. The third-order valence-corrected chi connectivity index (χ3v) is 9.00. The van der Waals surface area contributed by atoms with Gasteiger partial charge in [0, 0.05) is 0 Å². The second-order valence-electron chi connectivity index (χ2n) is 12.9. The molecule has 0 saturated carbocycles. The monoisotopic (exact) mass is 546 g/mol. The van der Waals surface area contributed by atoms with Gasteiger partial charge in [-0.1, -0.05) is 157 Å². The van der Waals surface area contributed by atoms with Crippen LogP contribution in [0.1, 0.15) is 170 Å². The van der Waals surface area contributed by atoms with E-state index < -0.39 is 7.82 Å². The van der Waals surface area contributed by atoms with Crippen LogP contribution in [0.3, 0.4) is 0 Å². The Morgan fingerprint density at radius 1 is 0.486 bits per heavy atom. The van der Waals surface area contributed by atoms with E-state index >= 15 is 0 Å². The molecule has 0 aliphatic heterocycles. The molecule has 0 fully saturated rings. The molecular formula is C32H67O4P. The number of unbranched alkanes of at least 4 members (excludes halogenated alkanes) is 4. The Bertz CT molecular complexity index is 535. The highest BCUT2D eigenvalue weighted by Crippen LogP contribution is 2.36. The van der Waals surface area contributed by atoms with Gasteiger partial charge in [-0.2, -0.15) is 0 Å². The van der Waals surface area contributed by atoms with Crippen molar-refractivity contribution in [2.24, 2.45) is 29.6 Å². The first kappa shape index (κ1) is 37.1. The van der Waals surface area contributed by atoms with Crippen LogP contribution < -0.4 is 0 Å². The minimum atomic E-state index is -4.30. The molecule has 0 aliphatic carbocycles. The number of phosphoric ester groups is 1. The molecule has 0 aromatic heterocycles. The van der Waals surface area contributed by atoms with Gasteiger partial charge in [-0.25, -0.2) is 4.57 Å². The van der Waals surface area contributed by atoms with Gasteiger partial charge < -0.3 is 9.79 Å². The predicted molar refractivity (Wildman–Crippen MR) is 162 cm³/mol. The van der Waals surface area contributed by atoms with Crippen molar-refractivity contribution < 1.29 is 18.9 Å². The Morgan fingerprint density at radius 3 is 1.11 bits per heavy atom. The van der Waals surface area contributed by atoms with Gasteiger partial charge in [-0.3, -0.25) is 4.52 Å². The van der Waals surface area contributed by atoms with Crippen molar-refractivity contribution in [2.75, 3.05) is 6.61 Å². The summed E-state index contributed by atoms with van der Waals surface area (Å²) in [7, 11) is -4.30. The van der Waals surface area contributed by atoms with E-state index in [9.17, 15) is 4.57 Å². The molecule has 5 heteroatoms. The number of phosphoric acid groups is 1. The maximum atomic E-state index is 10.7. The topological polar surface area (TPSA) is 66.8 Å². The largest absolute Gasteiger partial charge is 0.469 e. The van der Waals surface area contributed by atoms with Crippen LogP contribution in [0.2, 0.25) is 0 Å². The maximum absolute atomic E-state index is 10.7. The van der Waals surface area contributed by atoms with E-state index in [1.54, 1.807) is 0 Å². The van der Waals surface area contributed by atoms with Gasteiger partial charge in [0.2, 0.25) is 0 Å². The summed E-state index contributed by atoms with van der Waals surface area (Å²) in [5.74, 6) is 4.07. The lowest BCUT2D eigenvalue weighted by atomic mass is 9.89. The average molecular weight is 547 g/mol. The van der Waals surface area contributed by atoms with Crippen molar-refractivity contribution in [1.82, 2.24) is 0 Å². The average Bonchev–Trinajstić information content (AvgIpc) is 2.81. The van der Waals surface area contributed by atoms with E-state index in [-0.39, 0.29) is 6.61 Å².